The highest BCUT2D eigenvalue weighted by Crippen LogP contribution is 2.31. The van der Waals surface area contributed by atoms with Gasteiger partial charge in [0.2, 0.25) is 5.91 Å². The Morgan fingerprint density at radius 3 is 2.55 bits per heavy atom. The van der Waals surface area contributed by atoms with E-state index in [2.05, 4.69) is 5.32 Å². The van der Waals surface area contributed by atoms with Gasteiger partial charge in [-0.1, -0.05) is 6.92 Å². The molecule has 0 bridgehead atoms. The number of amides is 3. The summed E-state index contributed by atoms with van der Waals surface area (Å²) in [4.78, 5) is 37.7. The molecule has 1 saturated heterocycles. The van der Waals surface area contributed by atoms with Crippen LogP contribution in [0.3, 0.4) is 0 Å². The maximum atomic E-state index is 12.1. The summed E-state index contributed by atoms with van der Waals surface area (Å²) in [7, 11) is 1.65. The number of carboxylic acids is 1. The maximum absolute atomic E-state index is 12.1. The normalized spacial score (nSPS) is 21.6. The van der Waals surface area contributed by atoms with Gasteiger partial charge in [-0.25, -0.2) is 9.59 Å². The van der Waals surface area contributed by atoms with Crippen molar-refractivity contribution in [3.05, 3.63) is 0 Å². The Morgan fingerprint density at radius 2 is 2.05 bits per heavy atom. The number of hydrogen-bond donors (Lipinski definition) is 2. The molecule has 114 valence electrons. The van der Waals surface area contributed by atoms with Crippen LogP contribution in [-0.2, 0) is 9.59 Å². The fourth-order valence-corrected chi connectivity index (χ4v) is 3.24. The molecule has 1 aliphatic rings. The summed E-state index contributed by atoms with van der Waals surface area (Å²) >= 11 is 1.45. The highest BCUT2D eigenvalue weighted by atomic mass is 32.2. The number of hydrogen-bond acceptors (Lipinski definition) is 4. The first-order chi connectivity index (χ1) is 9.42. The average Bonchev–Trinajstić information content (AvgIpc) is 2.87. The van der Waals surface area contributed by atoms with Crippen molar-refractivity contribution in [3.63, 3.8) is 0 Å². The Kier molecular flexibility index (Phi) is 6.12. The molecule has 1 heterocycles. The van der Waals surface area contributed by atoms with Crippen LogP contribution in [0.1, 0.15) is 20.3 Å². The number of thioether (sulfide) groups is 1. The molecule has 0 saturated carbocycles. The number of nitrogens with one attached hydrogen (secondary N) is 1. The van der Waals surface area contributed by atoms with E-state index >= 15 is 0 Å². The molecule has 2 N–H and O–H groups in total. The number of aliphatic carboxylic acids is 1. The topological polar surface area (TPSA) is 90.0 Å². The number of carbonyl (C=O) groups excluding carboxylic acids is 2. The molecule has 0 spiro atoms. The summed E-state index contributed by atoms with van der Waals surface area (Å²) in [5.41, 5.74) is 0. The molecule has 2 atom stereocenters. The molecule has 2 unspecified atom stereocenters. The molecular formula is C12H21N3O4S. The van der Waals surface area contributed by atoms with Crippen molar-refractivity contribution in [3.8, 4) is 0 Å². The number of carboxylic acid groups (broad SMARTS) is 1. The van der Waals surface area contributed by atoms with Crippen LogP contribution in [0.25, 0.3) is 0 Å². The fourth-order valence-electron chi connectivity index (χ4n) is 1.89. The lowest BCUT2D eigenvalue weighted by Gasteiger charge is -2.27. The fraction of sp³-hybridized carbons (Fsp3) is 0.750. The number of urea groups is 1. The average molecular weight is 303 g/mol. The Labute approximate surface area is 122 Å². The van der Waals surface area contributed by atoms with Gasteiger partial charge in [-0.3, -0.25) is 9.69 Å². The molecule has 1 rings (SSSR count). The molecule has 0 radical (unpaired) electrons. The van der Waals surface area contributed by atoms with Crippen molar-refractivity contribution in [1.82, 2.24) is 15.1 Å². The van der Waals surface area contributed by atoms with Gasteiger partial charge in [0.25, 0.3) is 0 Å². The van der Waals surface area contributed by atoms with Crippen LogP contribution in [-0.4, -0.2) is 70.1 Å². The van der Waals surface area contributed by atoms with Crippen LogP contribution in [0, 0.1) is 0 Å². The highest BCUT2D eigenvalue weighted by molar-refractivity contribution is 8.00. The minimum Gasteiger partial charge on any atom is -0.480 e. The highest BCUT2D eigenvalue weighted by Gasteiger charge is 2.40. The van der Waals surface area contributed by atoms with E-state index in [9.17, 15) is 14.4 Å². The molecule has 7 nitrogen and oxygen atoms in total. The first-order valence-corrected chi connectivity index (χ1v) is 7.61. The van der Waals surface area contributed by atoms with E-state index in [4.69, 9.17) is 5.11 Å². The third-order valence-electron chi connectivity index (χ3n) is 3.25. The molecule has 20 heavy (non-hydrogen) atoms. The summed E-state index contributed by atoms with van der Waals surface area (Å²) in [6.45, 7) is 4.18. The maximum Gasteiger partial charge on any atom is 0.327 e. The largest absolute Gasteiger partial charge is 0.480 e. The molecule has 1 aliphatic heterocycles. The van der Waals surface area contributed by atoms with Crippen LogP contribution in [0.4, 0.5) is 4.79 Å². The van der Waals surface area contributed by atoms with Crippen LogP contribution in [0.5, 0.6) is 0 Å². The van der Waals surface area contributed by atoms with E-state index in [0.29, 0.717) is 18.7 Å². The molecule has 1 fully saturated rings. The molecule has 0 aromatic heterocycles. The van der Waals surface area contributed by atoms with E-state index in [1.807, 2.05) is 13.8 Å². The smallest absolute Gasteiger partial charge is 0.327 e. The van der Waals surface area contributed by atoms with Crippen molar-refractivity contribution in [2.75, 3.05) is 25.9 Å². The van der Waals surface area contributed by atoms with E-state index in [1.165, 1.54) is 21.6 Å². The van der Waals surface area contributed by atoms with E-state index in [0.717, 1.165) is 0 Å². The Hall–Kier alpha value is -1.44. The van der Waals surface area contributed by atoms with Gasteiger partial charge in [0.15, 0.2) is 0 Å². The molecule has 0 aromatic rings. The third kappa shape index (κ3) is 3.78. The second kappa shape index (κ2) is 7.37. The minimum atomic E-state index is -1.01. The van der Waals surface area contributed by atoms with Crippen molar-refractivity contribution >= 4 is 29.7 Å². The van der Waals surface area contributed by atoms with Gasteiger partial charge in [0.05, 0.1) is 11.9 Å². The Morgan fingerprint density at radius 1 is 1.40 bits per heavy atom. The quantitative estimate of drug-likeness (QED) is 0.768. The first-order valence-electron chi connectivity index (χ1n) is 6.56. The first kappa shape index (κ1) is 16.6. The summed E-state index contributed by atoms with van der Waals surface area (Å²) < 4.78 is 0. The molecule has 0 aliphatic carbocycles. The lowest BCUT2D eigenvalue weighted by Crippen LogP contribution is -2.51. The van der Waals surface area contributed by atoms with E-state index < -0.39 is 18.0 Å². The zero-order valence-electron chi connectivity index (χ0n) is 12.0. The van der Waals surface area contributed by atoms with Gasteiger partial charge in [0.1, 0.15) is 6.04 Å². The second-order valence-electron chi connectivity index (χ2n) is 4.52. The van der Waals surface area contributed by atoms with Gasteiger partial charge < -0.3 is 15.3 Å². The zero-order chi connectivity index (χ0) is 15.3. The van der Waals surface area contributed by atoms with Crippen molar-refractivity contribution in [2.24, 2.45) is 0 Å². The second-order valence-corrected chi connectivity index (χ2v) is 5.73. The molecular weight excluding hydrogens is 282 g/mol. The number of carbonyl (C=O) groups is 3. The Bertz CT molecular complexity index is 391. The van der Waals surface area contributed by atoms with E-state index in [1.54, 1.807) is 7.05 Å². The van der Waals surface area contributed by atoms with Gasteiger partial charge in [-0.15, -0.1) is 11.8 Å². The van der Waals surface area contributed by atoms with Crippen LogP contribution < -0.4 is 5.32 Å². The predicted octanol–water partition coefficient (Wildman–Crippen LogP) is 0.412. The van der Waals surface area contributed by atoms with Crippen LogP contribution in [0.15, 0.2) is 0 Å². The lowest BCUT2D eigenvalue weighted by molar-refractivity contribution is -0.141. The SMILES string of the molecule is CCC1SCC(C(=O)O)N1C(=O)NCC(=O)N(C)CC. The minimum absolute atomic E-state index is 0.118. The van der Waals surface area contributed by atoms with Gasteiger partial charge in [-0.2, -0.15) is 0 Å². The summed E-state index contributed by atoms with van der Waals surface area (Å²) in [6.07, 6.45) is 0.671. The number of nitrogens with zero attached hydrogens (tertiary/aromatic N) is 2. The monoisotopic (exact) mass is 303 g/mol. The molecule has 0 aromatic carbocycles. The van der Waals surface area contributed by atoms with Crippen LogP contribution in [0.2, 0.25) is 0 Å². The van der Waals surface area contributed by atoms with E-state index in [-0.39, 0.29) is 17.8 Å². The van der Waals surface area contributed by atoms with Crippen molar-refractivity contribution < 1.29 is 19.5 Å². The summed E-state index contributed by atoms with van der Waals surface area (Å²) in [5.74, 6) is -0.836. The summed E-state index contributed by atoms with van der Waals surface area (Å²) in [6, 6.07) is -1.32. The van der Waals surface area contributed by atoms with Gasteiger partial charge in [0, 0.05) is 19.3 Å². The summed E-state index contributed by atoms with van der Waals surface area (Å²) in [5, 5.41) is 11.5. The molecule has 3 amide bonds. The standard InChI is InChI=1S/C12H21N3O4S/c1-4-10-15(8(7-20-10)11(17)18)12(19)13-6-9(16)14(3)5-2/h8,10H,4-7H2,1-3H3,(H,13,19)(H,17,18). The molecule has 8 heteroatoms. The van der Waals surface area contributed by atoms with Gasteiger partial charge in [-0.05, 0) is 13.3 Å². The predicted molar refractivity (Wildman–Crippen MR) is 76.5 cm³/mol. The number of likely N-dealkylation sites (N-methyl/N-ethyl adjacent to an activating group) is 1. The van der Waals surface area contributed by atoms with Crippen molar-refractivity contribution in [1.29, 1.82) is 0 Å². The Balaban J connectivity index is 2.63. The van der Waals surface area contributed by atoms with Crippen molar-refractivity contribution in [2.45, 2.75) is 31.7 Å². The third-order valence-corrected chi connectivity index (χ3v) is 4.71. The lowest BCUT2D eigenvalue weighted by atomic mass is 10.3. The number of rotatable bonds is 5. The zero-order valence-corrected chi connectivity index (χ0v) is 12.8. The van der Waals surface area contributed by atoms with Crippen LogP contribution >= 0.6 is 11.8 Å². The van der Waals surface area contributed by atoms with Gasteiger partial charge >= 0.3 is 12.0 Å².